The lowest BCUT2D eigenvalue weighted by molar-refractivity contribution is -0.142. The number of phenols is 1. The van der Waals surface area contributed by atoms with E-state index in [0.717, 1.165) is 0 Å². The minimum atomic E-state index is -1.41. The Balaban J connectivity index is 3.08. The normalized spacial score (nSPS) is 14.0. The Labute approximate surface area is 219 Å². The third-order valence-electron chi connectivity index (χ3n) is 5.64. The van der Waals surface area contributed by atoms with Gasteiger partial charge in [0, 0.05) is 19.3 Å². The molecule has 0 aliphatic carbocycles. The SMILES string of the molecule is CC(C)C(N)C(=O)NC(CCC(N)=O)C(=O)NC(CCC(N)=O)C(=O)NC(Cc1ccc(O)cc1)C(=O)O. The fraction of sp³-hybridized carbons (Fsp3) is 0.500. The van der Waals surface area contributed by atoms with Gasteiger partial charge in [-0.3, -0.25) is 24.0 Å². The molecule has 1 aromatic rings. The van der Waals surface area contributed by atoms with Gasteiger partial charge in [-0.05, 0) is 36.5 Å². The summed E-state index contributed by atoms with van der Waals surface area (Å²) in [7, 11) is 0. The van der Waals surface area contributed by atoms with Crippen LogP contribution in [0.4, 0.5) is 0 Å². The molecule has 0 aliphatic rings. The summed E-state index contributed by atoms with van der Waals surface area (Å²) in [5.41, 5.74) is 16.7. The molecular weight excluding hydrogens is 500 g/mol. The molecule has 5 amide bonds. The van der Waals surface area contributed by atoms with Gasteiger partial charge in [-0.25, -0.2) is 4.79 Å². The van der Waals surface area contributed by atoms with Crippen LogP contribution in [0.1, 0.15) is 45.1 Å². The molecule has 1 rings (SSSR count). The Kier molecular flexibility index (Phi) is 12.7. The highest BCUT2D eigenvalue weighted by molar-refractivity contribution is 5.94. The number of benzene rings is 1. The minimum Gasteiger partial charge on any atom is -0.508 e. The van der Waals surface area contributed by atoms with Crippen molar-refractivity contribution in [2.75, 3.05) is 0 Å². The molecule has 4 unspecified atom stereocenters. The van der Waals surface area contributed by atoms with Crippen LogP contribution in [0.25, 0.3) is 0 Å². The van der Waals surface area contributed by atoms with E-state index in [1.54, 1.807) is 13.8 Å². The van der Waals surface area contributed by atoms with E-state index in [0.29, 0.717) is 5.56 Å². The number of carbonyl (C=O) groups is 6. The van der Waals surface area contributed by atoms with Crippen molar-refractivity contribution in [3.63, 3.8) is 0 Å². The maximum atomic E-state index is 13.0. The molecule has 0 radical (unpaired) electrons. The number of nitrogens with two attached hydrogens (primary N) is 3. The van der Waals surface area contributed by atoms with E-state index in [9.17, 15) is 39.0 Å². The van der Waals surface area contributed by atoms with Crippen molar-refractivity contribution in [2.24, 2.45) is 23.1 Å². The highest BCUT2D eigenvalue weighted by Gasteiger charge is 2.31. The zero-order chi connectivity index (χ0) is 29.0. The number of aromatic hydroxyl groups is 1. The summed E-state index contributed by atoms with van der Waals surface area (Å²) in [5, 5.41) is 26.2. The average molecular weight is 537 g/mol. The summed E-state index contributed by atoms with van der Waals surface area (Å²) in [6.45, 7) is 3.40. The fourth-order valence-corrected chi connectivity index (χ4v) is 3.29. The molecule has 0 saturated carbocycles. The Hall–Kier alpha value is -4.20. The Bertz CT molecular complexity index is 1010. The first-order valence-electron chi connectivity index (χ1n) is 11.9. The van der Waals surface area contributed by atoms with E-state index in [-0.39, 0.29) is 43.8 Å². The molecule has 4 atom stereocenters. The van der Waals surface area contributed by atoms with Crippen LogP contribution >= 0.6 is 0 Å². The average Bonchev–Trinajstić information content (AvgIpc) is 2.83. The Morgan fingerprint density at radius 2 is 1.18 bits per heavy atom. The van der Waals surface area contributed by atoms with Gasteiger partial charge < -0.3 is 43.4 Å². The summed E-state index contributed by atoms with van der Waals surface area (Å²) >= 11 is 0. The molecule has 11 N–H and O–H groups in total. The molecule has 210 valence electrons. The number of phenolic OH excluding ortho intramolecular Hbond substituents is 1. The van der Waals surface area contributed by atoms with Crippen LogP contribution in [-0.2, 0) is 35.2 Å². The lowest BCUT2D eigenvalue weighted by Gasteiger charge is -2.25. The second-order valence-electron chi connectivity index (χ2n) is 9.17. The standard InChI is InChI=1S/C24H36N6O8/c1-12(2)20(27)23(36)29-16(8-10-19(26)33)21(34)28-15(7-9-18(25)32)22(35)30-17(24(37)38)11-13-3-5-14(31)6-4-13/h3-6,12,15-17,20,31H,7-11,27H2,1-2H3,(H2,25,32)(H2,26,33)(H,28,34)(H,29,36)(H,30,35)(H,37,38). The zero-order valence-corrected chi connectivity index (χ0v) is 21.3. The monoisotopic (exact) mass is 536 g/mol. The smallest absolute Gasteiger partial charge is 0.326 e. The molecule has 0 aromatic heterocycles. The van der Waals surface area contributed by atoms with Gasteiger partial charge in [0.2, 0.25) is 29.5 Å². The van der Waals surface area contributed by atoms with Gasteiger partial charge in [-0.2, -0.15) is 0 Å². The first-order chi connectivity index (χ1) is 17.7. The predicted octanol–water partition coefficient (Wildman–Crippen LogP) is -2.01. The maximum absolute atomic E-state index is 13.0. The van der Waals surface area contributed by atoms with Crippen molar-refractivity contribution < 1.29 is 39.0 Å². The topological polar surface area (TPSA) is 257 Å². The summed E-state index contributed by atoms with van der Waals surface area (Å²) < 4.78 is 0. The Morgan fingerprint density at radius 3 is 1.58 bits per heavy atom. The molecule has 38 heavy (non-hydrogen) atoms. The van der Waals surface area contributed by atoms with E-state index < -0.39 is 59.7 Å². The summed E-state index contributed by atoms with van der Waals surface area (Å²) in [6, 6.07) is 0.628. The lowest BCUT2D eigenvalue weighted by Crippen LogP contribution is -2.57. The van der Waals surface area contributed by atoms with Gasteiger partial charge in [0.1, 0.15) is 23.9 Å². The summed E-state index contributed by atoms with van der Waals surface area (Å²) in [5.74, 6) is -5.58. The van der Waals surface area contributed by atoms with Crippen LogP contribution < -0.4 is 33.2 Å². The van der Waals surface area contributed by atoms with E-state index in [1.807, 2.05) is 0 Å². The second kappa shape index (κ2) is 15.1. The van der Waals surface area contributed by atoms with Crippen molar-refractivity contribution >= 4 is 35.5 Å². The van der Waals surface area contributed by atoms with Crippen molar-refractivity contribution in [1.82, 2.24) is 16.0 Å². The zero-order valence-electron chi connectivity index (χ0n) is 21.3. The predicted molar refractivity (Wildman–Crippen MR) is 135 cm³/mol. The third kappa shape index (κ3) is 11.2. The molecule has 14 nitrogen and oxygen atoms in total. The molecule has 0 spiro atoms. The number of rotatable bonds is 16. The van der Waals surface area contributed by atoms with E-state index >= 15 is 0 Å². The number of carboxylic acid groups (broad SMARTS) is 1. The van der Waals surface area contributed by atoms with Crippen LogP contribution in [0.2, 0.25) is 0 Å². The van der Waals surface area contributed by atoms with Crippen molar-refractivity contribution in [1.29, 1.82) is 0 Å². The summed E-state index contributed by atoms with van der Waals surface area (Å²) in [4.78, 5) is 72.9. The first kappa shape index (κ1) is 31.8. The van der Waals surface area contributed by atoms with Crippen LogP contribution in [0.5, 0.6) is 5.75 Å². The lowest BCUT2D eigenvalue weighted by atomic mass is 10.0. The number of hydrogen-bond donors (Lipinski definition) is 8. The molecular formula is C24H36N6O8. The van der Waals surface area contributed by atoms with Gasteiger partial charge in [0.05, 0.1) is 6.04 Å². The van der Waals surface area contributed by atoms with E-state index in [4.69, 9.17) is 17.2 Å². The molecule has 14 heteroatoms. The van der Waals surface area contributed by atoms with Crippen molar-refractivity contribution in [2.45, 2.75) is 70.1 Å². The van der Waals surface area contributed by atoms with E-state index in [1.165, 1.54) is 24.3 Å². The molecule has 1 aromatic carbocycles. The fourth-order valence-electron chi connectivity index (χ4n) is 3.29. The number of carboxylic acids is 1. The number of hydrogen-bond acceptors (Lipinski definition) is 8. The highest BCUT2D eigenvalue weighted by Crippen LogP contribution is 2.12. The van der Waals surface area contributed by atoms with Gasteiger partial charge in [-0.15, -0.1) is 0 Å². The molecule has 0 aliphatic heterocycles. The number of aliphatic carboxylic acids is 1. The third-order valence-corrected chi connectivity index (χ3v) is 5.64. The van der Waals surface area contributed by atoms with Crippen LogP contribution in [-0.4, -0.2) is 69.9 Å². The molecule has 0 heterocycles. The van der Waals surface area contributed by atoms with Gasteiger partial charge in [-0.1, -0.05) is 26.0 Å². The van der Waals surface area contributed by atoms with Crippen LogP contribution in [0.15, 0.2) is 24.3 Å². The quantitative estimate of drug-likeness (QED) is 0.116. The van der Waals surface area contributed by atoms with Gasteiger partial charge >= 0.3 is 5.97 Å². The molecule has 0 bridgehead atoms. The number of amides is 5. The second-order valence-corrected chi connectivity index (χ2v) is 9.17. The minimum absolute atomic E-state index is 0.0220. The van der Waals surface area contributed by atoms with Gasteiger partial charge in [0.15, 0.2) is 0 Å². The highest BCUT2D eigenvalue weighted by atomic mass is 16.4. The number of carbonyl (C=O) groups excluding carboxylic acids is 5. The van der Waals surface area contributed by atoms with Crippen LogP contribution in [0.3, 0.4) is 0 Å². The van der Waals surface area contributed by atoms with E-state index in [2.05, 4.69) is 16.0 Å². The van der Waals surface area contributed by atoms with Crippen molar-refractivity contribution in [3.8, 4) is 5.75 Å². The molecule has 0 fully saturated rings. The number of primary amides is 2. The van der Waals surface area contributed by atoms with Crippen LogP contribution in [0, 0.1) is 5.92 Å². The molecule has 0 saturated heterocycles. The van der Waals surface area contributed by atoms with Gasteiger partial charge in [0.25, 0.3) is 0 Å². The number of nitrogens with one attached hydrogen (secondary N) is 3. The summed E-state index contributed by atoms with van der Waals surface area (Å²) in [6.07, 6.45) is -1.17. The van der Waals surface area contributed by atoms with Crippen molar-refractivity contribution in [3.05, 3.63) is 29.8 Å². The Morgan fingerprint density at radius 1 is 0.763 bits per heavy atom. The maximum Gasteiger partial charge on any atom is 0.326 e. The largest absolute Gasteiger partial charge is 0.508 e. The first-order valence-corrected chi connectivity index (χ1v) is 11.9.